The molecule has 0 aromatic heterocycles. The van der Waals surface area contributed by atoms with E-state index < -0.39 is 18.9 Å². The van der Waals surface area contributed by atoms with E-state index in [4.69, 9.17) is 0 Å². The Bertz CT molecular complexity index is 386. The molecule has 1 aliphatic carbocycles. The average molecular weight is 313 g/mol. The Morgan fingerprint density at radius 2 is 1.70 bits per heavy atom. The third kappa shape index (κ3) is 6.59. The Morgan fingerprint density at radius 3 is 2.15 bits per heavy atom. The molecular weight excluding hydrogens is 280 g/mol. The molecule has 3 heteroatoms. The van der Waals surface area contributed by atoms with E-state index in [1.54, 1.807) is 0 Å². The Balaban J connectivity index is 2.83. The quantitative estimate of drug-likeness (QED) is 0.549. The van der Waals surface area contributed by atoms with Gasteiger partial charge in [-0.05, 0) is 39.5 Å². The zero-order valence-electron chi connectivity index (χ0n) is 14.2. The second kappa shape index (κ2) is 7.27. The minimum absolute atomic E-state index is 0.117. The molecule has 1 rings (SSSR count). The molecule has 2 atom stereocenters. The van der Waals surface area contributed by atoms with E-state index in [0.717, 1.165) is 5.75 Å². The lowest BCUT2D eigenvalue weighted by molar-refractivity contribution is 0.308. The highest BCUT2D eigenvalue weighted by Crippen LogP contribution is 2.31. The summed E-state index contributed by atoms with van der Waals surface area (Å²) in [7, 11) is -2.12. The fourth-order valence-corrected chi connectivity index (χ4v) is 4.35. The Morgan fingerprint density at radius 1 is 1.15 bits per heavy atom. The zero-order valence-corrected chi connectivity index (χ0v) is 16.0. The SMILES string of the molecule is CC(C)(C)[S@](=O)C[C@H](C#C[Si](C)(C)C)C1CCCCC1. The van der Waals surface area contributed by atoms with Crippen LogP contribution in [-0.4, -0.2) is 22.8 Å². The van der Waals surface area contributed by atoms with E-state index in [2.05, 4.69) is 51.9 Å². The molecule has 0 amide bonds. The fourth-order valence-electron chi connectivity index (χ4n) is 2.55. The molecule has 0 bridgehead atoms. The van der Waals surface area contributed by atoms with Crippen molar-refractivity contribution in [2.45, 2.75) is 77.3 Å². The maximum absolute atomic E-state index is 12.5. The van der Waals surface area contributed by atoms with Crippen molar-refractivity contribution >= 4 is 18.9 Å². The number of hydrogen-bond acceptors (Lipinski definition) is 1. The largest absolute Gasteiger partial charge is 0.259 e. The van der Waals surface area contributed by atoms with Gasteiger partial charge in [0.2, 0.25) is 0 Å². The molecule has 0 aromatic rings. The molecule has 0 aromatic carbocycles. The zero-order chi connectivity index (χ0) is 15.4. The summed E-state index contributed by atoms with van der Waals surface area (Å²) in [6.07, 6.45) is 6.60. The van der Waals surface area contributed by atoms with Crippen molar-refractivity contribution in [2.75, 3.05) is 5.75 Å². The molecule has 0 spiro atoms. The van der Waals surface area contributed by atoms with Crippen molar-refractivity contribution in [3.63, 3.8) is 0 Å². The smallest absolute Gasteiger partial charge is 0.129 e. The summed E-state index contributed by atoms with van der Waals surface area (Å²) in [5.41, 5.74) is 3.53. The minimum atomic E-state index is -1.34. The lowest BCUT2D eigenvalue weighted by atomic mass is 9.81. The molecule has 116 valence electrons. The highest BCUT2D eigenvalue weighted by molar-refractivity contribution is 7.86. The Labute approximate surface area is 129 Å². The topological polar surface area (TPSA) is 17.1 Å². The summed E-state index contributed by atoms with van der Waals surface area (Å²) < 4.78 is 12.4. The van der Waals surface area contributed by atoms with E-state index in [-0.39, 0.29) is 4.75 Å². The number of rotatable bonds is 3. The molecular formula is C17H32OSSi. The Hall–Kier alpha value is -0.0731. The second-order valence-electron chi connectivity index (χ2n) is 8.15. The maximum atomic E-state index is 12.5. The summed E-state index contributed by atoms with van der Waals surface area (Å²) in [5, 5.41) is 0. The van der Waals surface area contributed by atoms with Crippen LogP contribution in [-0.2, 0) is 10.8 Å². The van der Waals surface area contributed by atoms with Crippen molar-refractivity contribution in [1.82, 2.24) is 0 Å². The first-order chi connectivity index (χ1) is 9.09. The maximum Gasteiger partial charge on any atom is 0.129 e. The van der Waals surface area contributed by atoms with Crippen LogP contribution in [0, 0.1) is 23.3 Å². The van der Waals surface area contributed by atoms with E-state index in [1.807, 2.05) is 0 Å². The Kier molecular flexibility index (Phi) is 6.53. The van der Waals surface area contributed by atoms with Crippen molar-refractivity contribution < 1.29 is 4.21 Å². The van der Waals surface area contributed by atoms with Crippen LogP contribution in [0.4, 0.5) is 0 Å². The predicted octanol–water partition coefficient (Wildman–Crippen LogP) is 4.61. The molecule has 1 fully saturated rings. The molecule has 0 aliphatic heterocycles. The van der Waals surface area contributed by atoms with Crippen molar-refractivity contribution in [2.24, 2.45) is 11.8 Å². The molecule has 0 unspecified atom stereocenters. The molecule has 20 heavy (non-hydrogen) atoms. The highest BCUT2D eigenvalue weighted by Gasteiger charge is 2.28. The lowest BCUT2D eigenvalue weighted by Crippen LogP contribution is -2.31. The van der Waals surface area contributed by atoms with Crippen LogP contribution in [0.3, 0.4) is 0 Å². The van der Waals surface area contributed by atoms with Gasteiger partial charge in [-0.25, -0.2) is 0 Å². The van der Waals surface area contributed by atoms with Crippen molar-refractivity contribution in [3.05, 3.63) is 0 Å². The van der Waals surface area contributed by atoms with Crippen molar-refractivity contribution in [3.8, 4) is 11.5 Å². The summed E-state index contributed by atoms with van der Waals surface area (Å²) in [6.45, 7) is 13.1. The van der Waals surface area contributed by atoms with Gasteiger partial charge in [-0.15, -0.1) is 11.5 Å². The summed E-state index contributed by atoms with van der Waals surface area (Å²) in [5.74, 6) is 5.35. The molecule has 1 nitrogen and oxygen atoms in total. The minimum Gasteiger partial charge on any atom is -0.259 e. The van der Waals surface area contributed by atoms with Crippen LogP contribution in [0.15, 0.2) is 0 Å². The van der Waals surface area contributed by atoms with Crippen molar-refractivity contribution in [1.29, 1.82) is 0 Å². The molecule has 1 aliphatic rings. The highest BCUT2D eigenvalue weighted by atomic mass is 32.2. The van der Waals surface area contributed by atoms with Crippen LogP contribution in [0.1, 0.15) is 52.9 Å². The lowest BCUT2D eigenvalue weighted by Gasteiger charge is -2.29. The van der Waals surface area contributed by atoms with Gasteiger partial charge in [0.05, 0.1) is 0 Å². The van der Waals surface area contributed by atoms with E-state index in [9.17, 15) is 4.21 Å². The van der Waals surface area contributed by atoms with E-state index in [1.165, 1.54) is 32.1 Å². The van der Waals surface area contributed by atoms with Gasteiger partial charge in [0.25, 0.3) is 0 Å². The molecule has 0 heterocycles. The normalized spacial score (nSPS) is 20.9. The standard InChI is InChI=1S/C17H32OSSi/c1-17(2,3)19(18)14-16(12-13-20(4,5)6)15-10-8-7-9-11-15/h15-16H,7-11,14H2,1-6H3/t16-,19+/m0/s1. The van der Waals surface area contributed by atoms with Crippen LogP contribution in [0.25, 0.3) is 0 Å². The first-order valence-corrected chi connectivity index (χ1v) is 12.8. The van der Waals surface area contributed by atoms with E-state index in [0.29, 0.717) is 11.8 Å². The van der Waals surface area contributed by atoms with Gasteiger partial charge in [-0.1, -0.05) is 38.9 Å². The fraction of sp³-hybridized carbons (Fsp3) is 0.882. The molecule has 0 N–H and O–H groups in total. The first kappa shape index (κ1) is 18.0. The summed E-state index contributed by atoms with van der Waals surface area (Å²) >= 11 is 0. The van der Waals surface area contributed by atoms with Crippen LogP contribution in [0.5, 0.6) is 0 Å². The van der Waals surface area contributed by atoms with Gasteiger partial charge >= 0.3 is 0 Å². The van der Waals surface area contributed by atoms with Gasteiger partial charge in [0, 0.05) is 27.2 Å². The monoisotopic (exact) mass is 312 g/mol. The number of hydrogen-bond donors (Lipinski definition) is 0. The second-order valence-corrected chi connectivity index (χ2v) is 15.1. The van der Waals surface area contributed by atoms with Gasteiger partial charge in [0.15, 0.2) is 0 Å². The van der Waals surface area contributed by atoms with Crippen LogP contribution >= 0.6 is 0 Å². The summed E-state index contributed by atoms with van der Waals surface area (Å²) in [6, 6.07) is 0. The molecule has 1 saturated carbocycles. The van der Waals surface area contributed by atoms with Gasteiger partial charge in [-0.2, -0.15) is 0 Å². The van der Waals surface area contributed by atoms with Gasteiger partial charge < -0.3 is 0 Å². The van der Waals surface area contributed by atoms with Gasteiger partial charge in [0.1, 0.15) is 8.07 Å². The van der Waals surface area contributed by atoms with Crippen LogP contribution < -0.4 is 0 Å². The van der Waals surface area contributed by atoms with Gasteiger partial charge in [-0.3, -0.25) is 4.21 Å². The van der Waals surface area contributed by atoms with E-state index >= 15 is 0 Å². The van der Waals surface area contributed by atoms with Crippen LogP contribution in [0.2, 0.25) is 19.6 Å². The first-order valence-electron chi connectivity index (χ1n) is 8.01. The average Bonchev–Trinajstić information content (AvgIpc) is 2.33. The molecule has 0 radical (unpaired) electrons. The third-order valence-corrected chi connectivity index (χ3v) is 6.79. The summed E-state index contributed by atoms with van der Waals surface area (Å²) in [4.78, 5) is 0. The molecule has 0 saturated heterocycles. The third-order valence-electron chi connectivity index (χ3n) is 3.87. The predicted molar refractivity (Wildman–Crippen MR) is 93.9 cm³/mol.